The van der Waals surface area contributed by atoms with Crippen LogP contribution in [-0.2, 0) is 5.41 Å². The van der Waals surface area contributed by atoms with Gasteiger partial charge in [0.25, 0.3) is 0 Å². The summed E-state index contributed by atoms with van der Waals surface area (Å²) in [5.74, 6) is 0.00907. The van der Waals surface area contributed by atoms with E-state index < -0.39 is 11.0 Å². The number of benzene rings is 2. The molecule has 0 saturated heterocycles. The van der Waals surface area contributed by atoms with E-state index in [1.165, 1.54) is 0 Å². The number of hydrogen-bond donors (Lipinski definition) is 1. The fourth-order valence-electron chi connectivity index (χ4n) is 3.57. The quantitative estimate of drug-likeness (QED) is 0.895. The highest BCUT2D eigenvalue weighted by atomic mass is 14.7. The van der Waals surface area contributed by atoms with Crippen LogP contribution in [0.2, 0.25) is 0 Å². The number of nitriles is 1. The average molecular weight is 292 g/mol. The molecule has 0 aliphatic carbocycles. The monoisotopic (exact) mass is 292 g/mol. The van der Waals surface area contributed by atoms with Crippen LogP contribution in [0.3, 0.4) is 0 Å². The van der Waals surface area contributed by atoms with Gasteiger partial charge in [0.2, 0.25) is 0 Å². The molecule has 0 saturated carbocycles. The molecule has 2 nitrogen and oxygen atoms in total. The first-order valence-electron chi connectivity index (χ1n) is 7.78. The van der Waals surface area contributed by atoms with Crippen LogP contribution in [-0.4, -0.2) is 5.54 Å². The first kappa shape index (κ1) is 16.3. The molecule has 0 spiro atoms. The van der Waals surface area contributed by atoms with E-state index in [1.807, 2.05) is 74.5 Å². The van der Waals surface area contributed by atoms with Gasteiger partial charge in [0.05, 0.1) is 6.07 Å². The molecule has 0 aromatic heterocycles. The van der Waals surface area contributed by atoms with E-state index >= 15 is 0 Å². The van der Waals surface area contributed by atoms with Gasteiger partial charge in [0.15, 0.2) is 0 Å². The standard InChI is InChI=1S/C20H24N2/c1-4-18(19(2,3)22)20(15-21,16-11-7-5-8-12-16)17-13-9-6-10-14-17/h5-14,18H,4,22H2,1-3H3. The van der Waals surface area contributed by atoms with Crippen molar-refractivity contribution in [2.75, 3.05) is 0 Å². The van der Waals surface area contributed by atoms with Crippen molar-refractivity contribution in [3.8, 4) is 6.07 Å². The van der Waals surface area contributed by atoms with E-state index in [9.17, 15) is 5.26 Å². The first-order chi connectivity index (χ1) is 10.5. The smallest absolute Gasteiger partial charge is 0.112 e. The van der Waals surface area contributed by atoms with Crippen LogP contribution in [0.5, 0.6) is 0 Å². The van der Waals surface area contributed by atoms with E-state index in [0.29, 0.717) is 0 Å². The normalized spacial score (nSPS) is 13.4. The van der Waals surface area contributed by atoms with Gasteiger partial charge in [0, 0.05) is 11.5 Å². The van der Waals surface area contributed by atoms with Crippen molar-refractivity contribution >= 4 is 0 Å². The summed E-state index contributed by atoms with van der Waals surface area (Å²) in [4.78, 5) is 0. The Bertz CT molecular complexity index is 593. The molecule has 2 heteroatoms. The Labute approximate surface area is 133 Å². The maximum Gasteiger partial charge on any atom is 0.112 e. The third kappa shape index (κ3) is 2.77. The third-order valence-corrected chi connectivity index (χ3v) is 4.46. The Morgan fingerprint density at radius 2 is 1.36 bits per heavy atom. The van der Waals surface area contributed by atoms with Gasteiger partial charge < -0.3 is 5.73 Å². The van der Waals surface area contributed by atoms with Crippen LogP contribution in [0, 0.1) is 17.2 Å². The summed E-state index contributed by atoms with van der Waals surface area (Å²) in [6.07, 6.45) is 0.834. The molecule has 0 aliphatic heterocycles. The molecule has 114 valence electrons. The zero-order valence-corrected chi connectivity index (χ0v) is 13.6. The zero-order chi connectivity index (χ0) is 16.2. The van der Waals surface area contributed by atoms with Crippen molar-refractivity contribution in [3.63, 3.8) is 0 Å². The molecule has 2 rings (SSSR count). The lowest BCUT2D eigenvalue weighted by atomic mass is 9.60. The highest BCUT2D eigenvalue weighted by molar-refractivity contribution is 5.47. The topological polar surface area (TPSA) is 49.8 Å². The van der Waals surface area contributed by atoms with Gasteiger partial charge in [-0.2, -0.15) is 5.26 Å². The van der Waals surface area contributed by atoms with Crippen LogP contribution in [0.15, 0.2) is 60.7 Å². The van der Waals surface area contributed by atoms with Gasteiger partial charge in [-0.25, -0.2) is 0 Å². The number of nitrogens with two attached hydrogens (primary N) is 1. The van der Waals surface area contributed by atoms with Crippen LogP contribution in [0.1, 0.15) is 38.3 Å². The second-order valence-corrected chi connectivity index (χ2v) is 6.43. The molecule has 0 bridgehead atoms. The number of rotatable bonds is 5. The Kier molecular flexibility index (Phi) is 4.68. The maximum absolute atomic E-state index is 10.2. The van der Waals surface area contributed by atoms with Crippen LogP contribution < -0.4 is 5.73 Å². The summed E-state index contributed by atoms with van der Waals surface area (Å²) in [7, 11) is 0. The molecule has 0 aliphatic rings. The van der Waals surface area contributed by atoms with Gasteiger partial charge in [-0.1, -0.05) is 67.6 Å². The lowest BCUT2D eigenvalue weighted by Crippen LogP contribution is -2.52. The number of nitrogens with zero attached hydrogens (tertiary/aromatic N) is 1. The van der Waals surface area contributed by atoms with Gasteiger partial charge in [-0.3, -0.25) is 0 Å². The molecular formula is C20H24N2. The SMILES string of the molecule is CCC(C(C)(C)N)C(C#N)(c1ccccc1)c1ccccc1. The first-order valence-corrected chi connectivity index (χ1v) is 7.78. The Hall–Kier alpha value is -2.11. The zero-order valence-electron chi connectivity index (χ0n) is 13.6. The van der Waals surface area contributed by atoms with E-state index in [0.717, 1.165) is 17.5 Å². The van der Waals surface area contributed by atoms with Gasteiger partial charge in [-0.15, -0.1) is 0 Å². The van der Waals surface area contributed by atoms with Crippen LogP contribution in [0.4, 0.5) is 0 Å². The van der Waals surface area contributed by atoms with E-state index in [1.54, 1.807) is 0 Å². The van der Waals surface area contributed by atoms with Crippen molar-refractivity contribution < 1.29 is 0 Å². The largest absolute Gasteiger partial charge is 0.325 e. The molecule has 2 aromatic carbocycles. The highest BCUT2D eigenvalue weighted by Crippen LogP contribution is 2.44. The Balaban J connectivity index is 2.77. The second-order valence-electron chi connectivity index (χ2n) is 6.43. The molecule has 0 radical (unpaired) electrons. The van der Waals surface area contributed by atoms with Gasteiger partial charge in [-0.05, 0) is 31.4 Å². The van der Waals surface area contributed by atoms with Crippen molar-refractivity contribution in [1.29, 1.82) is 5.26 Å². The lowest BCUT2D eigenvalue weighted by molar-refractivity contribution is 0.240. The van der Waals surface area contributed by atoms with E-state index in [-0.39, 0.29) is 5.92 Å². The van der Waals surface area contributed by atoms with Crippen molar-refractivity contribution in [1.82, 2.24) is 0 Å². The summed E-state index contributed by atoms with van der Waals surface area (Å²) in [6, 6.07) is 22.7. The highest BCUT2D eigenvalue weighted by Gasteiger charge is 2.47. The van der Waals surface area contributed by atoms with Crippen LogP contribution >= 0.6 is 0 Å². The summed E-state index contributed by atoms with van der Waals surface area (Å²) in [5, 5.41) is 10.2. The molecule has 1 unspecified atom stereocenters. The molecule has 0 amide bonds. The Morgan fingerprint density at radius 3 is 1.64 bits per heavy atom. The number of hydrogen-bond acceptors (Lipinski definition) is 2. The molecule has 0 fully saturated rings. The summed E-state index contributed by atoms with van der Waals surface area (Å²) >= 11 is 0. The van der Waals surface area contributed by atoms with Crippen molar-refractivity contribution in [2.24, 2.45) is 11.7 Å². The summed E-state index contributed by atoms with van der Waals surface area (Å²) < 4.78 is 0. The fraction of sp³-hybridized carbons (Fsp3) is 0.350. The molecule has 22 heavy (non-hydrogen) atoms. The molecule has 0 heterocycles. The van der Waals surface area contributed by atoms with Gasteiger partial charge in [0.1, 0.15) is 5.41 Å². The van der Waals surface area contributed by atoms with Crippen LogP contribution in [0.25, 0.3) is 0 Å². The van der Waals surface area contributed by atoms with Crippen molar-refractivity contribution in [2.45, 2.75) is 38.1 Å². The average Bonchev–Trinajstić information content (AvgIpc) is 2.53. The van der Waals surface area contributed by atoms with Crippen molar-refractivity contribution in [3.05, 3.63) is 71.8 Å². The second kappa shape index (κ2) is 6.34. The molecule has 2 N–H and O–H groups in total. The minimum absolute atomic E-state index is 0.00907. The Morgan fingerprint density at radius 1 is 0.955 bits per heavy atom. The molecular weight excluding hydrogens is 268 g/mol. The minimum atomic E-state index is -0.741. The third-order valence-electron chi connectivity index (χ3n) is 4.46. The maximum atomic E-state index is 10.2. The predicted molar refractivity (Wildman–Crippen MR) is 91.3 cm³/mol. The molecule has 1 atom stereocenters. The summed E-state index contributed by atoms with van der Waals surface area (Å²) in [6.45, 7) is 6.13. The summed E-state index contributed by atoms with van der Waals surface area (Å²) in [5.41, 5.74) is 7.29. The fourth-order valence-corrected chi connectivity index (χ4v) is 3.57. The van der Waals surface area contributed by atoms with E-state index in [4.69, 9.17) is 5.73 Å². The molecule has 2 aromatic rings. The lowest BCUT2D eigenvalue weighted by Gasteiger charge is -2.43. The minimum Gasteiger partial charge on any atom is -0.325 e. The van der Waals surface area contributed by atoms with E-state index in [2.05, 4.69) is 13.0 Å². The predicted octanol–water partition coefficient (Wildman–Crippen LogP) is 4.26. The van der Waals surface area contributed by atoms with Gasteiger partial charge >= 0.3 is 0 Å².